The number of Topliss-reactive ketones (excluding diaryl/α,β-unsaturated/α-hetero) is 1. The van der Waals surface area contributed by atoms with E-state index in [1.54, 1.807) is 97.1 Å². The maximum absolute atomic E-state index is 12.6. The lowest BCUT2D eigenvalue weighted by atomic mass is 9.92. The number of nitrogens with one attached hydrogen (secondary N) is 3. The monoisotopic (exact) mass is 2110 g/mol. The van der Waals surface area contributed by atoms with Crippen molar-refractivity contribution in [1.82, 2.24) is 35.6 Å². The summed E-state index contributed by atoms with van der Waals surface area (Å²) in [4.78, 5) is 102. The average molecular weight is 2110 g/mol. The molecule has 0 radical (unpaired) electrons. The van der Waals surface area contributed by atoms with Crippen LogP contribution in [0.4, 0.5) is 11.4 Å². The molecule has 7 aliphatic rings. The molecule has 0 unspecified atom stereocenters. The lowest BCUT2D eigenvalue weighted by molar-refractivity contribution is -0.155. The first-order valence-corrected chi connectivity index (χ1v) is 49.4. The van der Waals surface area contributed by atoms with Crippen LogP contribution in [0, 0.1) is 5.92 Å². The van der Waals surface area contributed by atoms with Gasteiger partial charge in [0, 0.05) is 179 Å². The van der Waals surface area contributed by atoms with Gasteiger partial charge in [-0.25, -0.2) is 9.59 Å². The average Bonchev–Trinajstić information content (AvgIpc) is 1.26. The van der Waals surface area contributed by atoms with E-state index in [4.69, 9.17) is 46.0 Å². The molecule has 147 heavy (non-hydrogen) atoms. The van der Waals surface area contributed by atoms with Crippen molar-refractivity contribution in [2.45, 2.75) is 187 Å². The molecule has 7 aliphatic heterocycles. The highest BCUT2D eigenvalue weighted by molar-refractivity contribution is 7.59. The van der Waals surface area contributed by atoms with Crippen molar-refractivity contribution < 1.29 is 97.0 Å². The molecule has 0 saturated carbocycles. The number of nitrogen functional groups attached to an aromatic ring is 2. The standard InChI is InChI=1S/C25H32N2O4.C25H32N2O3.C19H23N3O2.C14H18O4.C12H18N2O.C8H9NO2.C5H8O2.C4H8O.CH4O.4H2S/c1-25(2,3)31-23(29)14-18-7-6-10-20(13-18)24(30)26-15-22(28)17-27-12-11-19-8-4-5-9-21(19)16-27;28-24(18-27-11-8-21-5-1-2-6-23(21)17-27)16-26-25(29)22-7-3-4-20(15-22)14-19-9-12-30-13-10-19;20-17-7-3-6-15(10-17)19(24)21-11-18(23)13-22-9-8-14-4-1-2-5-16(14)12-22;1-14(2,3)18-12(15)9-10-6-5-7-11(8-10)13(16)17-4;13-7-12(15)9-14-6-5-10-3-1-2-4-11(10)8-14;1-11-8(10)6-3-2-4-7(9)5-6;6-5-1-3-7-4-2-5;1-2-4-5-3-1;1-2;;;;/h4-10,13,22,28H,11-12,14-17H2,1-3H3,(H,26,30);1-7,15,19,24,28H,8-14,16-18H2,(H,26,29);1-7,10,18,23H,8-9,11-13,20H2,(H,21,24);5-8H,9H2,1-4H3;1-4,12,15H,5-9,13H2;2-5H,9H2,1H3;1-4H2;1-4H2;2H,1H3;4*1H2/t22-;24-;18-;;12-;;;;;;;;/m000.0......../s1. The highest BCUT2D eigenvalue weighted by Gasteiger charge is 2.27. The number of nitrogens with zero attached hydrogens (tertiary/aromatic N) is 4. The van der Waals surface area contributed by atoms with Crippen molar-refractivity contribution >= 4 is 113 Å². The quantitative estimate of drug-likeness (QED) is 0.0136. The topological polar surface area (TPSA) is 429 Å². The number of nitrogens with two attached hydrogens (primary N) is 3. The predicted octanol–water partition coefficient (Wildman–Crippen LogP) is 11.9. The highest BCUT2D eigenvalue weighted by atomic mass is 32.1. The number of aliphatic hydroxyl groups excluding tert-OH is 5. The van der Waals surface area contributed by atoms with Gasteiger partial charge in [0.25, 0.3) is 17.7 Å². The number of methoxy groups -OCH3 is 2. The number of ketones is 1. The number of benzene rings is 9. The number of carbonyl (C=O) groups is 8. The van der Waals surface area contributed by atoms with Crippen LogP contribution in [0.5, 0.6) is 0 Å². The first-order valence-electron chi connectivity index (χ1n) is 49.4. The molecule has 7 heterocycles. The van der Waals surface area contributed by atoms with Crippen LogP contribution in [0.1, 0.15) is 193 Å². The second-order valence-corrected chi connectivity index (χ2v) is 38.1. The molecule has 0 bridgehead atoms. The zero-order valence-corrected chi connectivity index (χ0v) is 90.8. The number of ether oxygens (including phenoxy) is 7. The van der Waals surface area contributed by atoms with Crippen molar-refractivity contribution in [2.24, 2.45) is 11.7 Å². The van der Waals surface area contributed by atoms with Gasteiger partial charge < -0.3 is 91.8 Å². The van der Waals surface area contributed by atoms with Gasteiger partial charge in [0.1, 0.15) is 17.0 Å². The minimum Gasteiger partial charge on any atom is -0.465 e. The van der Waals surface area contributed by atoms with Gasteiger partial charge in [-0.2, -0.15) is 54.0 Å². The van der Waals surface area contributed by atoms with Crippen molar-refractivity contribution in [3.05, 3.63) is 307 Å². The lowest BCUT2D eigenvalue weighted by Crippen LogP contribution is -2.42. The normalized spacial score (nSPS) is 15.4. The van der Waals surface area contributed by atoms with E-state index < -0.39 is 41.6 Å². The number of carbonyl (C=O) groups excluding carboxylic acids is 8. The minimum atomic E-state index is -0.654. The third-order valence-electron chi connectivity index (χ3n) is 23.9. The number of amides is 3. The van der Waals surface area contributed by atoms with Crippen molar-refractivity contribution in [1.29, 1.82) is 0 Å². The molecular weight excluding hydrogens is 1950 g/mol. The van der Waals surface area contributed by atoms with E-state index in [9.17, 15) is 58.8 Å². The summed E-state index contributed by atoms with van der Waals surface area (Å²) in [6.45, 7) is 26.4. The van der Waals surface area contributed by atoms with Gasteiger partial charge in [-0.1, -0.05) is 146 Å². The fraction of sp³-hybridized carbons (Fsp3) is 0.451. The zero-order chi connectivity index (χ0) is 103. The summed E-state index contributed by atoms with van der Waals surface area (Å²) >= 11 is 0. The Morgan fingerprint density at radius 2 is 0.660 bits per heavy atom. The first-order chi connectivity index (χ1) is 68.7. The van der Waals surface area contributed by atoms with Crippen molar-refractivity contribution in [3.8, 4) is 0 Å². The number of hydrogen-bond donors (Lipinski definition) is 11. The number of rotatable bonds is 26. The zero-order valence-electron chi connectivity index (χ0n) is 86.8. The number of esters is 4. The van der Waals surface area contributed by atoms with Crippen LogP contribution >= 0.6 is 54.0 Å². The first kappa shape index (κ1) is 129. The number of hydrogen-bond acceptors (Lipinski definition) is 27. The van der Waals surface area contributed by atoms with Crippen molar-refractivity contribution in [3.63, 3.8) is 0 Å². The second-order valence-electron chi connectivity index (χ2n) is 38.1. The molecule has 30 nitrogen and oxygen atoms in total. The molecule has 16 rings (SSSR count). The maximum Gasteiger partial charge on any atom is 0.337 e. The maximum atomic E-state index is 12.6. The van der Waals surface area contributed by atoms with Gasteiger partial charge in [-0.05, 0) is 239 Å². The molecule has 3 amide bonds. The summed E-state index contributed by atoms with van der Waals surface area (Å²) in [6, 6.07) is 68.8. The molecule has 14 N–H and O–H groups in total. The molecule has 806 valence electrons. The molecule has 9 aromatic rings. The van der Waals surface area contributed by atoms with Crippen LogP contribution in [-0.4, -0.2) is 268 Å². The third-order valence-corrected chi connectivity index (χ3v) is 23.9. The molecule has 4 atom stereocenters. The Hall–Kier alpha value is -10.6. The number of fused-ring (bicyclic) bond motifs is 4. The lowest BCUT2D eigenvalue weighted by Gasteiger charge is -2.30. The minimum absolute atomic E-state index is 0. The summed E-state index contributed by atoms with van der Waals surface area (Å²) in [6.07, 6.45) is 9.05. The predicted molar refractivity (Wildman–Crippen MR) is 597 cm³/mol. The summed E-state index contributed by atoms with van der Waals surface area (Å²) in [7, 11) is 3.66. The Bertz CT molecular complexity index is 5420. The van der Waals surface area contributed by atoms with Crippen LogP contribution in [0.2, 0.25) is 0 Å². The van der Waals surface area contributed by atoms with Crippen LogP contribution in [0.3, 0.4) is 0 Å². The fourth-order valence-electron chi connectivity index (χ4n) is 16.8. The van der Waals surface area contributed by atoms with Gasteiger partial charge in [0.2, 0.25) is 0 Å². The Labute approximate surface area is 896 Å². The summed E-state index contributed by atoms with van der Waals surface area (Å²) < 4.78 is 35.0. The van der Waals surface area contributed by atoms with E-state index >= 15 is 0 Å². The van der Waals surface area contributed by atoms with Gasteiger partial charge in [0.05, 0.1) is 75.8 Å². The van der Waals surface area contributed by atoms with Crippen LogP contribution in [0.25, 0.3) is 0 Å². The largest absolute Gasteiger partial charge is 0.465 e. The molecule has 3 fully saturated rings. The van der Waals surface area contributed by atoms with E-state index in [2.05, 4.69) is 136 Å². The van der Waals surface area contributed by atoms with Gasteiger partial charge in [0.15, 0.2) is 0 Å². The molecule has 0 aromatic heterocycles. The van der Waals surface area contributed by atoms with E-state index in [0.29, 0.717) is 110 Å². The fourth-order valence-corrected chi connectivity index (χ4v) is 16.8. The summed E-state index contributed by atoms with van der Waals surface area (Å²) in [5.41, 5.74) is 32.7. The second kappa shape index (κ2) is 69.7. The van der Waals surface area contributed by atoms with Crippen LogP contribution in [0.15, 0.2) is 218 Å². The Kier molecular flexibility index (Phi) is 61.0. The van der Waals surface area contributed by atoms with Crippen molar-refractivity contribution in [2.75, 3.05) is 151 Å². The third kappa shape index (κ3) is 50.1. The van der Waals surface area contributed by atoms with E-state index in [-0.39, 0.29) is 122 Å². The molecular formula is C113H160N10O20S4. The Morgan fingerprint density at radius 3 is 0.973 bits per heavy atom. The summed E-state index contributed by atoms with van der Waals surface area (Å²) in [5, 5.41) is 56.0. The van der Waals surface area contributed by atoms with Crippen LogP contribution < -0.4 is 33.2 Å². The molecule has 34 heteroatoms. The SMILES string of the molecule is C1CCOC1.CC(C)(C)OC(=O)Cc1cccc(C(=O)NC[C@H](O)CN2CCc3ccccc3C2)c1.CO.COC(=O)c1cccc(CC(=O)OC(C)(C)C)c1.COC(=O)c1cccc(N)c1.NC[C@H](O)CN1CCc2ccccc2C1.Nc1cccc(C(=O)NC[C@H](O)CN2CCc3ccccc3C2)c1.O=C(NC[C@H](O)CN1CCc2ccccc2C1)c1cccc(CC2CCOCC2)c1.O=C1CCOCC1.S.S.S.S. The number of aliphatic hydroxyl groups is 5. The Morgan fingerprint density at radius 1 is 0.374 bits per heavy atom. The van der Waals surface area contributed by atoms with Gasteiger partial charge in [-0.3, -0.25) is 48.4 Å². The van der Waals surface area contributed by atoms with E-state index in [1.807, 2.05) is 71.9 Å². The summed E-state index contributed by atoms with van der Waals surface area (Å²) in [5.74, 6) is -1.06. The molecule has 9 aromatic carbocycles. The van der Waals surface area contributed by atoms with Gasteiger partial charge in [-0.15, -0.1) is 0 Å². The van der Waals surface area contributed by atoms with Gasteiger partial charge >= 0.3 is 23.9 Å². The molecule has 3 saturated heterocycles. The van der Waals surface area contributed by atoms with E-state index in [0.717, 1.165) is 142 Å². The number of anilines is 2. The number of β-amino-alcohol motifs (C(OH)–C–C–N with tert-alkyl or cyclic N) is 4. The highest BCUT2D eigenvalue weighted by Crippen LogP contribution is 2.26. The van der Waals surface area contributed by atoms with Crippen LogP contribution in [-0.2, 0) is 119 Å². The smallest absolute Gasteiger partial charge is 0.337 e. The molecule has 0 spiro atoms. The Balaban J connectivity index is 0.000000363. The molecule has 0 aliphatic carbocycles. The van der Waals surface area contributed by atoms with E-state index in [1.165, 1.54) is 77.1 Å².